The van der Waals surface area contributed by atoms with Gasteiger partial charge in [-0.2, -0.15) is 4.98 Å². The number of aromatic nitrogens is 2. The van der Waals surface area contributed by atoms with Crippen molar-refractivity contribution in [1.29, 1.82) is 0 Å². The van der Waals surface area contributed by atoms with Crippen LogP contribution in [0.2, 0.25) is 5.02 Å². The molecule has 0 aliphatic heterocycles. The van der Waals surface area contributed by atoms with E-state index in [0.717, 1.165) is 18.9 Å². The first-order valence-corrected chi connectivity index (χ1v) is 5.98. The van der Waals surface area contributed by atoms with Crippen molar-refractivity contribution in [2.24, 2.45) is 5.92 Å². The highest BCUT2D eigenvalue weighted by Gasteiger charge is 2.20. The molecule has 1 aliphatic rings. The zero-order valence-electron chi connectivity index (χ0n) is 9.37. The number of anilines is 1. The Labute approximate surface area is 100 Å². The SMILES string of the molecule is COc1ncc(Cl)c(NCCCC2CC2)n1. The summed E-state index contributed by atoms with van der Waals surface area (Å²) in [6, 6.07) is 0.342. The number of nitrogens with zero attached hydrogens (tertiary/aromatic N) is 2. The first-order valence-electron chi connectivity index (χ1n) is 5.60. The second-order valence-corrected chi connectivity index (χ2v) is 4.47. The first-order chi connectivity index (χ1) is 7.79. The second-order valence-electron chi connectivity index (χ2n) is 4.07. The maximum atomic E-state index is 5.96. The van der Waals surface area contributed by atoms with Gasteiger partial charge in [-0.15, -0.1) is 0 Å². The Balaban J connectivity index is 1.81. The second kappa shape index (κ2) is 5.34. The van der Waals surface area contributed by atoms with E-state index >= 15 is 0 Å². The van der Waals surface area contributed by atoms with Crippen molar-refractivity contribution in [2.45, 2.75) is 25.7 Å². The minimum absolute atomic E-state index is 0.342. The molecule has 16 heavy (non-hydrogen) atoms. The molecule has 1 saturated carbocycles. The number of methoxy groups -OCH3 is 1. The number of rotatable bonds is 6. The molecule has 0 bridgehead atoms. The summed E-state index contributed by atoms with van der Waals surface area (Å²) in [4.78, 5) is 8.07. The Morgan fingerprint density at radius 3 is 3.06 bits per heavy atom. The molecule has 0 unspecified atom stereocenters. The lowest BCUT2D eigenvalue weighted by Gasteiger charge is -2.07. The Bertz CT molecular complexity index is 355. The smallest absolute Gasteiger partial charge is 0.318 e. The van der Waals surface area contributed by atoms with Crippen molar-refractivity contribution in [2.75, 3.05) is 19.0 Å². The number of hydrogen-bond donors (Lipinski definition) is 1. The van der Waals surface area contributed by atoms with Gasteiger partial charge in [0.15, 0.2) is 5.82 Å². The van der Waals surface area contributed by atoms with Gasteiger partial charge in [0, 0.05) is 6.54 Å². The van der Waals surface area contributed by atoms with Crippen LogP contribution in [-0.4, -0.2) is 23.6 Å². The molecule has 1 aromatic heterocycles. The molecule has 1 N–H and O–H groups in total. The van der Waals surface area contributed by atoms with E-state index in [9.17, 15) is 0 Å². The molecule has 1 heterocycles. The molecular weight excluding hydrogens is 226 g/mol. The van der Waals surface area contributed by atoms with Gasteiger partial charge in [0.2, 0.25) is 0 Å². The van der Waals surface area contributed by atoms with Gasteiger partial charge in [0.25, 0.3) is 0 Å². The van der Waals surface area contributed by atoms with Crippen molar-refractivity contribution in [1.82, 2.24) is 9.97 Å². The van der Waals surface area contributed by atoms with Crippen molar-refractivity contribution in [3.8, 4) is 6.01 Å². The number of hydrogen-bond acceptors (Lipinski definition) is 4. The molecule has 1 fully saturated rings. The van der Waals surface area contributed by atoms with Crippen molar-refractivity contribution in [3.05, 3.63) is 11.2 Å². The van der Waals surface area contributed by atoms with Crippen LogP contribution in [0, 0.1) is 5.92 Å². The zero-order valence-corrected chi connectivity index (χ0v) is 10.1. The van der Waals surface area contributed by atoms with Gasteiger partial charge in [-0.25, -0.2) is 4.98 Å². The average molecular weight is 242 g/mol. The van der Waals surface area contributed by atoms with Crippen LogP contribution in [-0.2, 0) is 0 Å². The van der Waals surface area contributed by atoms with Crippen molar-refractivity contribution < 1.29 is 4.74 Å². The van der Waals surface area contributed by atoms with Crippen molar-refractivity contribution >= 4 is 17.4 Å². The molecule has 88 valence electrons. The summed E-state index contributed by atoms with van der Waals surface area (Å²) in [5.74, 6) is 1.63. The Hall–Kier alpha value is -1.03. The number of nitrogens with one attached hydrogen (secondary N) is 1. The molecule has 4 nitrogen and oxygen atoms in total. The summed E-state index contributed by atoms with van der Waals surface area (Å²) in [6.07, 6.45) is 6.82. The lowest BCUT2D eigenvalue weighted by atomic mass is 10.2. The first kappa shape index (κ1) is 11.5. The summed E-state index contributed by atoms with van der Waals surface area (Å²) in [5, 5.41) is 3.74. The highest BCUT2D eigenvalue weighted by atomic mass is 35.5. The van der Waals surface area contributed by atoms with Gasteiger partial charge >= 0.3 is 6.01 Å². The molecular formula is C11H16ClN3O. The molecule has 2 rings (SSSR count). The van der Waals surface area contributed by atoms with Crippen LogP contribution in [0.4, 0.5) is 5.82 Å². The Morgan fingerprint density at radius 2 is 2.38 bits per heavy atom. The Kier molecular flexibility index (Phi) is 3.83. The summed E-state index contributed by atoms with van der Waals surface area (Å²) < 4.78 is 4.94. The average Bonchev–Trinajstić information content (AvgIpc) is 3.10. The fourth-order valence-corrected chi connectivity index (χ4v) is 1.74. The number of ether oxygens (including phenoxy) is 1. The predicted molar refractivity (Wildman–Crippen MR) is 64.0 cm³/mol. The monoisotopic (exact) mass is 241 g/mol. The standard InChI is InChI=1S/C11H16ClN3O/c1-16-11-14-7-9(12)10(15-11)13-6-2-3-8-4-5-8/h7-8H,2-6H2,1H3,(H,13,14,15). The summed E-state index contributed by atoms with van der Waals surface area (Å²) in [5.41, 5.74) is 0. The highest BCUT2D eigenvalue weighted by molar-refractivity contribution is 6.32. The third kappa shape index (κ3) is 3.23. The van der Waals surface area contributed by atoms with Gasteiger partial charge in [-0.3, -0.25) is 0 Å². The summed E-state index contributed by atoms with van der Waals surface area (Å²) >= 11 is 5.96. The van der Waals surface area contributed by atoms with E-state index < -0.39 is 0 Å². The third-order valence-corrected chi connectivity index (χ3v) is 2.96. The fourth-order valence-electron chi connectivity index (χ4n) is 1.58. The minimum atomic E-state index is 0.342. The lowest BCUT2D eigenvalue weighted by Crippen LogP contribution is -2.05. The molecule has 1 aliphatic carbocycles. The van der Waals surface area contributed by atoms with E-state index in [1.807, 2.05) is 0 Å². The van der Waals surface area contributed by atoms with Crippen LogP contribution < -0.4 is 10.1 Å². The van der Waals surface area contributed by atoms with Crippen LogP contribution in [0.5, 0.6) is 6.01 Å². The van der Waals surface area contributed by atoms with Gasteiger partial charge < -0.3 is 10.1 Å². The highest BCUT2D eigenvalue weighted by Crippen LogP contribution is 2.33. The predicted octanol–water partition coefficient (Wildman–Crippen LogP) is 2.74. The quantitative estimate of drug-likeness (QED) is 0.778. The van der Waals surface area contributed by atoms with Crippen molar-refractivity contribution in [3.63, 3.8) is 0 Å². The van der Waals surface area contributed by atoms with Crippen LogP contribution in [0.25, 0.3) is 0 Å². The summed E-state index contributed by atoms with van der Waals surface area (Å²) in [7, 11) is 1.54. The van der Waals surface area contributed by atoms with E-state index in [2.05, 4.69) is 15.3 Å². The molecule has 0 aromatic carbocycles. The van der Waals surface area contributed by atoms with E-state index in [0.29, 0.717) is 16.9 Å². The molecule has 1 aromatic rings. The molecule has 5 heteroatoms. The topological polar surface area (TPSA) is 47.0 Å². The molecule has 0 saturated heterocycles. The van der Waals surface area contributed by atoms with E-state index in [4.69, 9.17) is 16.3 Å². The van der Waals surface area contributed by atoms with Crippen LogP contribution in [0.15, 0.2) is 6.20 Å². The number of halogens is 1. The molecule has 0 radical (unpaired) electrons. The van der Waals surface area contributed by atoms with Gasteiger partial charge in [-0.1, -0.05) is 24.4 Å². The normalized spacial score (nSPS) is 14.9. The van der Waals surface area contributed by atoms with Crippen LogP contribution in [0.3, 0.4) is 0 Å². The van der Waals surface area contributed by atoms with E-state index in [1.165, 1.54) is 19.3 Å². The van der Waals surface area contributed by atoms with E-state index in [-0.39, 0.29) is 0 Å². The summed E-state index contributed by atoms with van der Waals surface area (Å²) in [6.45, 7) is 0.899. The minimum Gasteiger partial charge on any atom is -0.467 e. The van der Waals surface area contributed by atoms with Gasteiger partial charge in [-0.05, 0) is 18.8 Å². The van der Waals surface area contributed by atoms with Crippen LogP contribution >= 0.6 is 11.6 Å². The molecule has 0 atom stereocenters. The molecule has 0 spiro atoms. The van der Waals surface area contributed by atoms with Gasteiger partial charge in [0.1, 0.15) is 5.02 Å². The lowest BCUT2D eigenvalue weighted by molar-refractivity contribution is 0.380. The fraction of sp³-hybridized carbons (Fsp3) is 0.636. The van der Waals surface area contributed by atoms with Crippen LogP contribution in [0.1, 0.15) is 25.7 Å². The maximum absolute atomic E-state index is 5.96. The maximum Gasteiger partial charge on any atom is 0.318 e. The molecule has 0 amide bonds. The largest absolute Gasteiger partial charge is 0.467 e. The van der Waals surface area contributed by atoms with Gasteiger partial charge in [0.05, 0.1) is 13.3 Å². The third-order valence-electron chi connectivity index (χ3n) is 2.68. The van der Waals surface area contributed by atoms with E-state index in [1.54, 1.807) is 13.3 Å². The Morgan fingerprint density at radius 1 is 1.56 bits per heavy atom. The zero-order chi connectivity index (χ0) is 11.4.